The first-order valence-electron chi connectivity index (χ1n) is 7.88. The molecule has 122 valence electrons. The third-order valence-corrected chi connectivity index (χ3v) is 3.01. The van der Waals surface area contributed by atoms with Gasteiger partial charge in [0.25, 0.3) is 0 Å². The van der Waals surface area contributed by atoms with Crippen molar-refractivity contribution in [2.75, 3.05) is 0 Å². The molecule has 0 atom stereocenters. The van der Waals surface area contributed by atoms with Crippen molar-refractivity contribution in [1.82, 2.24) is 0 Å². The fourth-order valence-electron chi connectivity index (χ4n) is 2.16. The summed E-state index contributed by atoms with van der Waals surface area (Å²) >= 11 is 0. The Morgan fingerprint density at radius 2 is 1.30 bits per heavy atom. The van der Waals surface area contributed by atoms with Crippen LogP contribution >= 0.6 is 0 Å². The molecule has 0 unspecified atom stereocenters. The Morgan fingerprint density at radius 1 is 0.739 bits per heavy atom. The maximum Gasteiger partial charge on any atom is 0.123 e. The fraction of sp³-hybridized carbons (Fsp3) is 0.300. The summed E-state index contributed by atoms with van der Waals surface area (Å²) in [7, 11) is 0. The first-order valence-corrected chi connectivity index (χ1v) is 7.88. The van der Waals surface area contributed by atoms with Gasteiger partial charge in [-0.25, -0.2) is 0 Å². The van der Waals surface area contributed by atoms with E-state index in [0.717, 1.165) is 16.9 Å². The largest absolute Gasteiger partial charge is 0.508 e. The van der Waals surface area contributed by atoms with Gasteiger partial charge in [-0.2, -0.15) is 0 Å². The molecule has 0 aliphatic heterocycles. The van der Waals surface area contributed by atoms with E-state index in [1.54, 1.807) is 12.1 Å². The van der Waals surface area contributed by atoms with Crippen LogP contribution in [0.4, 0.5) is 0 Å². The van der Waals surface area contributed by atoms with Crippen LogP contribution in [0.2, 0.25) is 0 Å². The molecule has 0 saturated heterocycles. The highest BCUT2D eigenvalue weighted by Gasteiger charge is 2.02. The summed E-state index contributed by atoms with van der Waals surface area (Å²) in [6, 6.07) is 13.2. The van der Waals surface area contributed by atoms with Crippen molar-refractivity contribution in [2.45, 2.75) is 39.9 Å². The summed E-state index contributed by atoms with van der Waals surface area (Å²) in [6.07, 6.45) is 4.18. The van der Waals surface area contributed by atoms with E-state index in [2.05, 4.69) is 0 Å². The number of phenols is 1. The summed E-state index contributed by atoms with van der Waals surface area (Å²) in [5.74, 6) is 1.73. The Hall–Kier alpha value is -2.42. The van der Waals surface area contributed by atoms with Crippen LogP contribution in [0, 0.1) is 0 Å². The third-order valence-electron chi connectivity index (χ3n) is 3.01. The predicted octanol–water partition coefficient (Wildman–Crippen LogP) is 5.14. The van der Waals surface area contributed by atoms with E-state index in [1.807, 2.05) is 70.2 Å². The molecule has 0 aromatic heterocycles. The maximum atomic E-state index is 9.79. The Morgan fingerprint density at radius 3 is 1.91 bits per heavy atom. The van der Waals surface area contributed by atoms with Gasteiger partial charge in [-0.1, -0.05) is 24.3 Å². The van der Waals surface area contributed by atoms with Crippen molar-refractivity contribution in [3.63, 3.8) is 0 Å². The second kappa shape index (κ2) is 7.73. The van der Waals surface area contributed by atoms with Crippen LogP contribution in [0.5, 0.6) is 17.2 Å². The lowest BCUT2D eigenvalue weighted by Crippen LogP contribution is -2.05. The van der Waals surface area contributed by atoms with Gasteiger partial charge in [-0.05, 0) is 63.1 Å². The molecule has 0 bridgehead atoms. The molecule has 0 saturated carbocycles. The monoisotopic (exact) mass is 312 g/mol. The van der Waals surface area contributed by atoms with Gasteiger partial charge in [0.2, 0.25) is 0 Å². The molecule has 1 N–H and O–H groups in total. The second-order valence-corrected chi connectivity index (χ2v) is 6.00. The Labute approximate surface area is 138 Å². The number of benzene rings is 2. The van der Waals surface area contributed by atoms with Gasteiger partial charge < -0.3 is 14.6 Å². The molecule has 0 radical (unpaired) electrons. The SMILES string of the molecule is CC(C)Oc1ccc(/C=C/c2cc(O)cc(OC(C)C)c2)cc1. The first kappa shape index (κ1) is 16.9. The van der Waals surface area contributed by atoms with Crippen molar-refractivity contribution in [1.29, 1.82) is 0 Å². The van der Waals surface area contributed by atoms with Crippen LogP contribution in [0.25, 0.3) is 12.2 Å². The molecule has 0 aliphatic rings. The van der Waals surface area contributed by atoms with Gasteiger partial charge in [-0.3, -0.25) is 0 Å². The van der Waals surface area contributed by atoms with Crippen LogP contribution < -0.4 is 9.47 Å². The molecule has 0 heterocycles. The zero-order chi connectivity index (χ0) is 16.8. The number of rotatable bonds is 6. The van der Waals surface area contributed by atoms with Crippen molar-refractivity contribution in [3.05, 3.63) is 53.6 Å². The normalized spacial score (nSPS) is 11.4. The lowest BCUT2D eigenvalue weighted by atomic mass is 10.1. The summed E-state index contributed by atoms with van der Waals surface area (Å²) in [5.41, 5.74) is 1.96. The molecular formula is C20H24O3. The van der Waals surface area contributed by atoms with Gasteiger partial charge >= 0.3 is 0 Å². The van der Waals surface area contributed by atoms with Gasteiger partial charge in [0.15, 0.2) is 0 Å². The third kappa shape index (κ3) is 5.70. The molecule has 0 spiro atoms. The molecule has 0 fully saturated rings. The summed E-state index contributed by atoms with van der Waals surface area (Å²) in [6.45, 7) is 7.93. The minimum absolute atomic E-state index is 0.0714. The lowest BCUT2D eigenvalue weighted by Gasteiger charge is -2.10. The van der Waals surface area contributed by atoms with Crippen molar-refractivity contribution in [3.8, 4) is 17.2 Å². The average Bonchev–Trinajstić information content (AvgIpc) is 2.44. The van der Waals surface area contributed by atoms with E-state index in [-0.39, 0.29) is 18.0 Å². The van der Waals surface area contributed by atoms with Crippen molar-refractivity contribution >= 4 is 12.2 Å². The highest BCUT2D eigenvalue weighted by molar-refractivity contribution is 5.71. The van der Waals surface area contributed by atoms with E-state index >= 15 is 0 Å². The number of ether oxygens (including phenoxy) is 2. The van der Waals surface area contributed by atoms with E-state index in [1.165, 1.54) is 0 Å². The minimum Gasteiger partial charge on any atom is -0.508 e. The lowest BCUT2D eigenvalue weighted by molar-refractivity contribution is 0.241. The summed E-state index contributed by atoms with van der Waals surface area (Å²) in [5, 5.41) is 9.79. The molecule has 0 aliphatic carbocycles. The summed E-state index contributed by atoms with van der Waals surface area (Å²) < 4.78 is 11.3. The highest BCUT2D eigenvalue weighted by atomic mass is 16.5. The van der Waals surface area contributed by atoms with Crippen LogP contribution in [-0.2, 0) is 0 Å². The zero-order valence-corrected chi connectivity index (χ0v) is 14.1. The van der Waals surface area contributed by atoms with Crippen LogP contribution in [-0.4, -0.2) is 17.3 Å². The molecule has 2 rings (SSSR count). The van der Waals surface area contributed by atoms with Gasteiger partial charge in [0, 0.05) is 6.07 Å². The Bertz CT molecular complexity index is 655. The maximum absolute atomic E-state index is 9.79. The Balaban J connectivity index is 2.11. The van der Waals surface area contributed by atoms with Crippen LogP contribution in [0.3, 0.4) is 0 Å². The van der Waals surface area contributed by atoms with Crippen LogP contribution in [0.15, 0.2) is 42.5 Å². The fourth-order valence-corrected chi connectivity index (χ4v) is 2.16. The van der Waals surface area contributed by atoms with Crippen molar-refractivity contribution < 1.29 is 14.6 Å². The zero-order valence-electron chi connectivity index (χ0n) is 14.1. The first-order chi connectivity index (χ1) is 10.9. The van der Waals surface area contributed by atoms with Crippen molar-refractivity contribution in [2.24, 2.45) is 0 Å². The Kier molecular flexibility index (Phi) is 5.69. The van der Waals surface area contributed by atoms with E-state index < -0.39 is 0 Å². The average molecular weight is 312 g/mol. The molecule has 2 aromatic rings. The quantitative estimate of drug-likeness (QED) is 0.751. The molecule has 0 amide bonds. The molecule has 23 heavy (non-hydrogen) atoms. The minimum atomic E-state index is 0.0714. The van der Waals surface area contributed by atoms with Gasteiger partial charge in [-0.15, -0.1) is 0 Å². The highest BCUT2D eigenvalue weighted by Crippen LogP contribution is 2.24. The van der Waals surface area contributed by atoms with Crippen LogP contribution in [0.1, 0.15) is 38.8 Å². The van der Waals surface area contributed by atoms with E-state index in [9.17, 15) is 5.11 Å². The van der Waals surface area contributed by atoms with E-state index in [0.29, 0.717) is 5.75 Å². The topological polar surface area (TPSA) is 38.7 Å². The smallest absolute Gasteiger partial charge is 0.123 e. The van der Waals surface area contributed by atoms with E-state index in [4.69, 9.17) is 9.47 Å². The standard InChI is InChI=1S/C20H24O3/c1-14(2)22-19-9-7-16(8-10-19)5-6-17-11-18(21)13-20(12-17)23-15(3)4/h5-15,21H,1-4H3/b6-5+. The molecule has 2 aromatic carbocycles. The second-order valence-electron chi connectivity index (χ2n) is 6.00. The molecular weight excluding hydrogens is 288 g/mol. The predicted molar refractivity (Wildman–Crippen MR) is 95.0 cm³/mol. The van der Waals surface area contributed by atoms with Gasteiger partial charge in [0.05, 0.1) is 12.2 Å². The number of phenolic OH excluding ortho intramolecular Hbond substituents is 1. The van der Waals surface area contributed by atoms with Gasteiger partial charge in [0.1, 0.15) is 17.2 Å². The molecule has 3 heteroatoms. The number of hydrogen-bond donors (Lipinski definition) is 1. The number of hydrogen-bond acceptors (Lipinski definition) is 3. The summed E-state index contributed by atoms with van der Waals surface area (Å²) in [4.78, 5) is 0. The number of aromatic hydroxyl groups is 1. The molecule has 3 nitrogen and oxygen atoms in total.